The SMILES string of the molecule is N#CCc1nn(-c2cc(Cl)c(Oc3n[nH]c(=O)c4c3CCCC4)c(Cl)c2)c(=O)[nH]c1=O. The quantitative estimate of drug-likeness (QED) is 0.605. The second kappa shape index (κ2) is 8.37. The monoisotopic (exact) mass is 460 g/mol. The van der Waals surface area contributed by atoms with Crippen LogP contribution in [-0.4, -0.2) is 25.0 Å². The van der Waals surface area contributed by atoms with Gasteiger partial charge >= 0.3 is 5.69 Å². The van der Waals surface area contributed by atoms with Crippen LogP contribution in [0.3, 0.4) is 0 Å². The summed E-state index contributed by atoms with van der Waals surface area (Å²) in [6.45, 7) is 0. The molecule has 1 aliphatic carbocycles. The van der Waals surface area contributed by atoms with Crippen LogP contribution < -0.4 is 21.5 Å². The van der Waals surface area contributed by atoms with E-state index >= 15 is 0 Å². The third kappa shape index (κ3) is 3.97. The number of nitriles is 1. The van der Waals surface area contributed by atoms with Gasteiger partial charge in [-0.05, 0) is 37.8 Å². The van der Waals surface area contributed by atoms with Gasteiger partial charge in [0.2, 0.25) is 5.88 Å². The molecular formula is C19H14Cl2N6O4. The van der Waals surface area contributed by atoms with Crippen molar-refractivity contribution in [1.29, 1.82) is 5.26 Å². The number of hydrogen-bond acceptors (Lipinski definition) is 7. The minimum absolute atomic E-state index is 0.0572. The van der Waals surface area contributed by atoms with Gasteiger partial charge in [-0.25, -0.2) is 9.89 Å². The van der Waals surface area contributed by atoms with E-state index in [-0.39, 0.29) is 45.0 Å². The average Bonchev–Trinajstić information content (AvgIpc) is 2.74. The number of aromatic nitrogens is 5. The van der Waals surface area contributed by atoms with Crippen molar-refractivity contribution >= 4 is 23.2 Å². The van der Waals surface area contributed by atoms with E-state index in [1.54, 1.807) is 0 Å². The zero-order valence-corrected chi connectivity index (χ0v) is 17.4. The maximum absolute atomic E-state index is 12.2. The molecule has 3 aromatic rings. The molecule has 0 aliphatic heterocycles. The third-order valence-corrected chi connectivity index (χ3v) is 5.39. The maximum atomic E-state index is 12.2. The molecule has 0 bridgehead atoms. The highest BCUT2D eigenvalue weighted by molar-refractivity contribution is 6.37. The van der Waals surface area contributed by atoms with Gasteiger partial charge in [0.05, 0.1) is 28.2 Å². The summed E-state index contributed by atoms with van der Waals surface area (Å²) < 4.78 is 6.73. The first-order valence-electron chi connectivity index (χ1n) is 9.26. The second-order valence-corrected chi connectivity index (χ2v) is 7.63. The normalized spacial score (nSPS) is 12.8. The molecule has 0 atom stereocenters. The molecule has 0 saturated carbocycles. The summed E-state index contributed by atoms with van der Waals surface area (Å²) in [6.07, 6.45) is 2.81. The topological polar surface area (TPSA) is 147 Å². The van der Waals surface area contributed by atoms with Crippen molar-refractivity contribution in [3.63, 3.8) is 0 Å². The standard InChI is InChI=1S/C19H14Cl2N6O4/c20-12-7-9(27-19(30)23-17(29)14(26-27)5-6-22)8-13(21)15(12)31-18-11-4-2-1-3-10(11)16(28)24-25-18/h7-8H,1-5H2,(H,24,28)(H,23,29,30). The van der Waals surface area contributed by atoms with Crippen LogP contribution in [0.25, 0.3) is 5.69 Å². The molecule has 0 spiro atoms. The number of H-pyrrole nitrogens is 2. The van der Waals surface area contributed by atoms with E-state index in [9.17, 15) is 14.4 Å². The van der Waals surface area contributed by atoms with Gasteiger partial charge in [0.25, 0.3) is 11.1 Å². The fourth-order valence-corrected chi connectivity index (χ4v) is 3.93. The van der Waals surface area contributed by atoms with Crippen LogP contribution in [0.15, 0.2) is 26.5 Å². The molecule has 1 aliphatic rings. The Morgan fingerprint density at radius 3 is 2.45 bits per heavy atom. The predicted molar refractivity (Wildman–Crippen MR) is 111 cm³/mol. The van der Waals surface area contributed by atoms with E-state index in [1.165, 1.54) is 12.1 Å². The molecule has 2 aromatic heterocycles. The van der Waals surface area contributed by atoms with Crippen molar-refractivity contribution in [2.45, 2.75) is 32.1 Å². The molecule has 0 saturated heterocycles. The van der Waals surface area contributed by atoms with Gasteiger partial charge in [0.15, 0.2) is 5.75 Å². The summed E-state index contributed by atoms with van der Waals surface area (Å²) in [5, 5.41) is 19.3. The Kier molecular flexibility index (Phi) is 5.63. The Morgan fingerprint density at radius 2 is 1.77 bits per heavy atom. The van der Waals surface area contributed by atoms with Gasteiger partial charge in [0, 0.05) is 11.1 Å². The first kappa shape index (κ1) is 20.8. The van der Waals surface area contributed by atoms with E-state index < -0.39 is 11.2 Å². The van der Waals surface area contributed by atoms with Crippen LogP contribution in [0.1, 0.15) is 29.7 Å². The van der Waals surface area contributed by atoms with Crippen LogP contribution >= 0.6 is 23.2 Å². The molecule has 0 unspecified atom stereocenters. The first-order chi connectivity index (χ1) is 14.9. The van der Waals surface area contributed by atoms with E-state index in [1.807, 2.05) is 6.07 Å². The van der Waals surface area contributed by atoms with Crippen molar-refractivity contribution in [2.24, 2.45) is 0 Å². The van der Waals surface area contributed by atoms with Crippen LogP contribution in [0.4, 0.5) is 0 Å². The van der Waals surface area contributed by atoms with Crippen LogP contribution in [0.2, 0.25) is 10.0 Å². The Labute approximate surface area is 184 Å². The molecule has 1 aromatic carbocycles. The summed E-state index contributed by atoms with van der Waals surface area (Å²) in [5.41, 5.74) is -0.415. The van der Waals surface area contributed by atoms with E-state index in [4.69, 9.17) is 33.2 Å². The van der Waals surface area contributed by atoms with E-state index in [0.717, 1.165) is 17.5 Å². The highest BCUT2D eigenvalue weighted by Crippen LogP contribution is 2.39. The molecule has 158 valence electrons. The lowest BCUT2D eigenvalue weighted by Crippen LogP contribution is -2.33. The van der Waals surface area contributed by atoms with Crippen LogP contribution in [-0.2, 0) is 19.3 Å². The maximum Gasteiger partial charge on any atom is 0.349 e. The fraction of sp³-hybridized carbons (Fsp3) is 0.263. The molecule has 4 rings (SSSR count). The first-order valence-corrected chi connectivity index (χ1v) is 10.0. The van der Waals surface area contributed by atoms with Crippen molar-refractivity contribution in [1.82, 2.24) is 25.0 Å². The molecule has 0 radical (unpaired) electrons. The van der Waals surface area contributed by atoms with Crippen LogP contribution in [0.5, 0.6) is 11.6 Å². The molecule has 2 heterocycles. The summed E-state index contributed by atoms with van der Waals surface area (Å²) in [4.78, 5) is 38.1. The Hall–Kier alpha value is -3.42. The van der Waals surface area contributed by atoms with Gasteiger partial charge in [0.1, 0.15) is 5.69 Å². The second-order valence-electron chi connectivity index (χ2n) is 6.82. The molecular weight excluding hydrogens is 447 g/mol. The summed E-state index contributed by atoms with van der Waals surface area (Å²) in [7, 11) is 0. The van der Waals surface area contributed by atoms with Crippen molar-refractivity contribution < 1.29 is 4.74 Å². The lowest BCUT2D eigenvalue weighted by molar-refractivity contribution is 0.440. The average molecular weight is 461 g/mol. The van der Waals surface area contributed by atoms with Gasteiger partial charge in [-0.3, -0.25) is 14.6 Å². The minimum atomic E-state index is -0.816. The lowest BCUT2D eigenvalue weighted by Gasteiger charge is -2.18. The fourth-order valence-electron chi connectivity index (χ4n) is 3.38. The number of fused-ring (bicyclic) bond motifs is 1. The lowest BCUT2D eigenvalue weighted by atomic mass is 9.94. The smallest absolute Gasteiger partial charge is 0.349 e. The van der Waals surface area contributed by atoms with Crippen LogP contribution in [0, 0.1) is 11.3 Å². The zero-order chi connectivity index (χ0) is 22.1. The summed E-state index contributed by atoms with van der Waals surface area (Å²) in [5.74, 6) is 0.301. The van der Waals surface area contributed by atoms with E-state index in [2.05, 4.69) is 20.3 Å². The van der Waals surface area contributed by atoms with Gasteiger partial charge in [-0.15, -0.1) is 5.10 Å². The van der Waals surface area contributed by atoms with Gasteiger partial charge in [-0.2, -0.15) is 15.0 Å². The molecule has 0 amide bonds. The molecule has 2 N–H and O–H groups in total. The third-order valence-electron chi connectivity index (χ3n) is 4.83. The number of halogens is 2. The largest absolute Gasteiger partial charge is 0.434 e. The van der Waals surface area contributed by atoms with Crippen molar-refractivity contribution in [3.05, 3.63) is 70.2 Å². The predicted octanol–water partition coefficient (Wildman–Crippen LogP) is 2.05. The number of benzene rings is 1. The molecule has 12 heteroatoms. The number of ether oxygens (including phenoxy) is 1. The molecule has 10 nitrogen and oxygen atoms in total. The van der Waals surface area contributed by atoms with Crippen molar-refractivity contribution in [2.75, 3.05) is 0 Å². The van der Waals surface area contributed by atoms with Crippen molar-refractivity contribution in [3.8, 4) is 23.4 Å². The number of rotatable bonds is 4. The zero-order valence-electron chi connectivity index (χ0n) is 15.9. The highest BCUT2D eigenvalue weighted by atomic mass is 35.5. The summed E-state index contributed by atoms with van der Waals surface area (Å²) in [6, 6.07) is 4.57. The van der Waals surface area contributed by atoms with E-state index in [0.29, 0.717) is 24.0 Å². The Morgan fingerprint density at radius 1 is 1.10 bits per heavy atom. The Bertz CT molecular complexity index is 1380. The van der Waals surface area contributed by atoms with Gasteiger partial charge in [-0.1, -0.05) is 23.2 Å². The number of nitrogens with zero attached hydrogens (tertiary/aromatic N) is 4. The Balaban J connectivity index is 1.76. The molecule has 0 fully saturated rings. The number of aromatic amines is 2. The highest BCUT2D eigenvalue weighted by Gasteiger charge is 2.22. The summed E-state index contributed by atoms with van der Waals surface area (Å²) >= 11 is 12.7. The number of nitrogens with one attached hydrogen (secondary N) is 2. The number of hydrogen-bond donors (Lipinski definition) is 2. The van der Waals surface area contributed by atoms with Gasteiger partial charge < -0.3 is 4.74 Å². The minimum Gasteiger partial charge on any atom is -0.434 e. The molecule has 31 heavy (non-hydrogen) atoms.